The Morgan fingerprint density at radius 2 is 1.55 bits per heavy atom. The zero-order valence-electron chi connectivity index (χ0n) is 13.0. The molecular weight excluding hydrogens is 270 g/mol. The van der Waals surface area contributed by atoms with E-state index in [1.54, 1.807) is 6.92 Å². The van der Waals surface area contributed by atoms with Gasteiger partial charge in [0.05, 0.1) is 5.25 Å². The van der Waals surface area contributed by atoms with Crippen molar-refractivity contribution in [1.82, 2.24) is 0 Å². The lowest BCUT2D eigenvalue weighted by atomic mass is 9.63. The second-order valence-corrected chi connectivity index (χ2v) is 9.19. The SMILES string of the molecule is C[C@H](c1ccc2c(c1)C(C)(C)CCC2(C)C)S(N)(=O)=O. The van der Waals surface area contributed by atoms with Crippen LogP contribution in [0.3, 0.4) is 0 Å². The Morgan fingerprint density at radius 3 is 2.05 bits per heavy atom. The predicted octanol–water partition coefficient (Wildman–Crippen LogP) is 3.39. The number of hydrogen-bond donors (Lipinski definition) is 1. The average Bonchev–Trinajstić information content (AvgIpc) is 2.33. The molecule has 3 nitrogen and oxygen atoms in total. The van der Waals surface area contributed by atoms with Gasteiger partial charge >= 0.3 is 0 Å². The molecule has 0 saturated heterocycles. The van der Waals surface area contributed by atoms with Crippen molar-refractivity contribution >= 4 is 10.0 Å². The molecule has 1 atom stereocenters. The third kappa shape index (κ3) is 2.63. The van der Waals surface area contributed by atoms with E-state index in [2.05, 4.69) is 33.8 Å². The summed E-state index contributed by atoms with van der Waals surface area (Å²) < 4.78 is 23.1. The highest BCUT2D eigenvalue weighted by atomic mass is 32.2. The first kappa shape index (κ1) is 15.5. The molecule has 0 radical (unpaired) electrons. The largest absolute Gasteiger partial charge is 0.228 e. The molecule has 2 N–H and O–H groups in total. The van der Waals surface area contributed by atoms with Gasteiger partial charge in [-0.15, -0.1) is 0 Å². The standard InChI is InChI=1S/C16H25NO2S/c1-11(20(17,18)19)12-6-7-13-14(10-12)16(4,5)9-8-15(13,2)3/h6-7,10-11H,8-9H2,1-5H3,(H2,17,18,19)/t11-/m1/s1. The summed E-state index contributed by atoms with van der Waals surface area (Å²) in [5.41, 5.74) is 3.62. The maximum atomic E-state index is 11.6. The molecule has 4 heteroatoms. The molecule has 0 bridgehead atoms. The van der Waals surface area contributed by atoms with E-state index in [4.69, 9.17) is 5.14 Å². The van der Waals surface area contributed by atoms with Crippen molar-refractivity contribution in [3.05, 3.63) is 34.9 Å². The lowest BCUT2D eigenvalue weighted by Gasteiger charge is -2.42. The zero-order chi connectivity index (χ0) is 15.3. The molecule has 112 valence electrons. The summed E-state index contributed by atoms with van der Waals surface area (Å²) in [7, 11) is -3.55. The Bertz CT molecular complexity index is 630. The van der Waals surface area contributed by atoms with E-state index in [1.165, 1.54) is 11.1 Å². The van der Waals surface area contributed by atoms with Gasteiger partial charge in [-0.25, -0.2) is 13.6 Å². The third-order valence-corrected chi connectivity index (χ3v) is 6.10. The second kappa shape index (κ2) is 4.57. The quantitative estimate of drug-likeness (QED) is 0.909. The molecule has 0 aromatic heterocycles. The number of benzene rings is 1. The molecule has 1 aliphatic carbocycles. The number of sulfonamides is 1. The first-order chi connectivity index (χ1) is 8.95. The Balaban J connectivity index is 2.60. The fraction of sp³-hybridized carbons (Fsp3) is 0.625. The fourth-order valence-corrected chi connectivity index (χ4v) is 3.57. The maximum absolute atomic E-state index is 11.6. The molecule has 0 heterocycles. The molecule has 1 aliphatic rings. The molecule has 2 rings (SSSR count). The lowest BCUT2D eigenvalue weighted by molar-refractivity contribution is 0.331. The highest BCUT2D eigenvalue weighted by Crippen LogP contribution is 2.46. The number of hydrogen-bond acceptors (Lipinski definition) is 2. The molecule has 1 aromatic rings. The van der Waals surface area contributed by atoms with Gasteiger partial charge < -0.3 is 0 Å². The van der Waals surface area contributed by atoms with Crippen LogP contribution in [0, 0.1) is 0 Å². The van der Waals surface area contributed by atoms with E-state index in [1.807, 2.05) is 12.1 Å². The summed E-state index contributed by atoms with van der Waals surface area (Å²) in [6.07, 6.45) is 2.26. The Morgan fingerprint density at radius 1 is 1.05 bits per heavy atom. The number of rotatable bonds is 2. The van der Waals surface area contributed by atoms with Crippen LogP contribution in [0.4, 0.5) is 0 Å². The molecule has 0 amide bonds. The van der Waals surface area contributed by atoms with Crippen LogP contribution < -0.4 is 5.14 Å². The number of fused-ring (bicyclic) bond motifs is 1. The van der Waals surface area contributed by atoms with Crippen LogP contribution >= 0.6 is 0 Å². The van der Waals surface area contributed by atoms with E-state index in [-0.39, 0.29) is 10.8 Å². The number of nitrogens with two attached hydrogens (primary N) is 1. The van der Waals surface area contributed by atoms with Crippen molar-refractivity contribution < 1.29 is 8.42 Å². The Labute approximate surface area is 122 Å². The average molecular weight is 295 g/mol. The molecule has 0 unspecified atom stereocenters. The maximum Gasteiger partial charge on any atom is 0.215 e. The van der Waals surface area contributed by atoms with Gasteiger partial charge in [-0.2, -0.15) is 0 Å². The minimum atomic E-state index is -3.55. The van der Waals surface area contributed by atoms with Gasteiger partial charge in [0.15, 0.2) is 0 Å². The minimum Gasteiger partial charge on any atom is -0.228 e. The van der Waals surface area contributed by atoms with Gasteiger partial charge in [0.1, 0.15) is 0 Å². The van der Waals surface area contributed by atoms with E-state index in [9.17, 15) is 8.42 Å². The Kier molecular flexibility index (Phi) is 3.54. The molecule has 0 saturated carbocycles. The van der Waals surface area contributed by atoms with Crippen molar-refractivity contribution in [1.29, 1.82) is 0 Å². The van der Waals surface area contributed by atoms with E-state index in [0.717, 1.165) is 18.4 Å². The molecule has 20 heavy (non-hydrogen) atoms. The summed E-state index contributed by atoms with van der Waals surface area (Å²) in [6, 6.07) is 6.05. The van der Waals surface area contributed by atoms with Gasteiger partial charge in [-0.1, -0.05) is 45.9 Å². The summed E-state index contributed by atoms with van der Waals surface area (Å²) in [6.45, 7) is 10.6. The van der Waals surface area contributed by atoms with Crippen LogP contribution in [0.2, 0.25) is 0 Å². The van der Waals surface area contributed by atoms with Crippen LogP contribution in [-0.2, 0) is 20.9 Å². The molecule has 0 fully saturated rings. The highest BCUT2D eigenvalue weighted by Gasteiger charge is 2.37. The summed E-state index contributed by atoms with van der Waals surface area (Å²) >= 11 is 0. The normalized spacial score (nSPS) is 22.1. The van der Waals surface area contributed by atoms with Gasteiger partial charge in [0.25, 0.3) is 0 Å². The topological polar surface area (TPSA) is 60.2 Å². The molecule has 0 aliphatic heterocycles. The van der Waals surface area contributed by atoms with Gasteiger partial charge in [-0.3, -0.25) is 0 Å². The van der Waals surface area contributed by atoms with Gasteiger partial charge in [0.2, 0.25) is 10.0 Å². The van der Waals surface area contributed by atoms with E-state index >= 15 is 0 Å². The van der Waals surface area contributed by atoms with Crippen LogP contribution in [0.15, 0.2) is 18.2 Å². The highest BCUT2D eigenvalue weighted by molar-refractivity contribution is 7.89. The molecule has 1 aromatic carbocycles. The fourth-order valence-electron chi connectivity index (χ4n) is 3.05. The minimum absolute atomic E-state index is 0.0823. The van der Waals surface area contributed by atoms with Crippen LogP contribution in [-0.4, -0.2) is 8.42 Å². The van der Waals surface area contributed by atoms with Crippen molar-refractivity contribution in [2.75, 3.05) is 0 Å². The van der Waals surface area contributed by atoms with Crippen molar-refractivity contribution in [2.45, 2.75) is 63.5 Å². The zero-order valence-corrected chi connectivity index (χ0v) is 13.8. The number of primary sulfonamides is 1. The summed E-state index contributed by atoms with van der Waals surface area (Å²) in [5.74, 6) is 0. The van der Waals surface area contributed by atoms with Crippen molar-refractivity contribution in [2.24, 2.45) is 5.14 Å². The predicted molar refractivity (Wildman–Crippen MR) is 83.3 cm³/mol. The van der Waals surface area contributed by atoms with Crippen LogP contribution in [0.25, 0.3) is 0 Å². The van der Waals surface area contributed by atoms with Crippen molar-refractivity contribution in [3.8, 4) is 0 Å². The van der Waals surface area contributed by atoms with Crippen LogP contribution in [0.5, 0.6) is 0 Å². The molecular formula is C16H25NO2S. The van der Waals surface area contributed by atoms with E-state index in [0.29, 0.717) is 0 Å². The lowest BCUT2D eigenvalue weighted by Crippen LogP contribution is -2.34. The first-order valence-electron chi connectivity index (χ1n) is 7.12. The van der Waals surface area contributed by atoms with Gasteiger partial charge in [0, 0.05) is 0 Å². The van der Waals surface area contributed by atoms with Crippen molar-refractivity contribution in [3.63, 3.8) is 0 Å². The summed E-state index contributed by atoms with van der Waals surface area (Å²) in [5, 5.41) is 4.62. The third-order valence-electron chi connectivity index (χ3n) is 4.84. The molecule has 0 spiro atoms. The smallest absolute Gasteiger partial charge is 0.215 e. The monoisotopic (exact) mass is 295 g/mol. The Hall–Kier alpha value is -0.870. The first-order valence-corrected chi connectivity index (χ1v) is 8.73. The van der Waals surface area contributed by atoms with Gasteiger partial charge in [-0.05, 0) is 47.3 Å². The van der Waals surface area contributed by atoms with Crippen LogP contribution in [0.1, 0.15) is 69.4 Å². The second-order valence-electron chi connectivity index (χ2n) is 7.30. The summed E-state index contributed by atoms with van der Waals surface area (Å²) in [4.78, 5) is 0. The van der Waals surface area contributed by atoms with E-state index < -0.39 is 15.3 Å².